The van der Waals surface area contributed by atoms with Crippen LogP contribution >= 0.6 is 12.6 Å². The molecule has 2 aromatic rings. The zero-order chi connectivity index (χ0) is 10.8. The van der Waals surface area contributed by atoms with Gasteiger partial charge in [0.05, 0.1) is 0 Å². The minimum absolute atomic E-state index is 0.156. The van der Waals surface area contributed by atoms with Gasteiger partial charge in [-0.05, 0) is 23.3 Å². The summed E-state index contributed by atoms with van der Waals surface area (Å²) in [6, 6.07) is 5.66. The number of carbonyl (C=O) groups excluding carboxylic acids is 1. The summed E-state index contributed by atoms with van der Waals surface area (Å²) in [6.45, 7) is 0. The topological polar surface area (TPSA) is 56.7 Å². The van der Waals surface area contributed by atoms with Crippen LogP contribution in [0.3, 0.4) is 0 Å². The van der Waals surface area contributed by atoms with Crippen molar-refractivity contribution in [1.29, 1.82) is 5.41 Å². The molecule has 76 valence electrons. The molecule has 4 heteroatoms. The lowest BCUT2D eigenvalue weighted by Crippen LogP contribution is -1.92. The van der Waals surface area contributed by atoms with E-state index in [2.05, 4.69) is 17.6 Å². The molecule has 0 amide bonds. The fraction of sp³-hybridized carbons (Fsp3) is 0.0909. The Bertz CT molecular complexity index is 530. The van der Waals surface area contributed by atoms with Crippen molar-refractivity contribution in [3.63, 3.8) is 0 Å². The van der Waals surface area contributed by atoms with Gasteiger partial charge in [-0.25, -0.2) is 0 Å². The lowest BCUT2D eigenvalue weighted by atomic mass is 10.1. The molecule has 1 heterocycles. The van der Waals surface area contributed by atoms with Gasteiger partial charge in [0.15, 0.2) is 5.12 Å². The molecule has 1 aromatic carbocycles. The highest BCUT2D eigenvalue weighted by atomic mass is 32.1. The number of carbonyl (C=O) groups is 1. The van der Waals surface area contributed by atoms with Gasteiger partial charge >= 0.3 is 0 Å². The van der Waals surface area contributed by atoms with Gasteiger partial charge in [-0.15, -0.1) is 12.6 Å². The maximum Gasteiger partial charge on any atom is 0.190 e. The van der Waals surface area contributed by atoms with Crippen LogP contribution in [0.1, 0.15) is 11.1 Å². The van der Waals surface area contributed by atoms with Crippen LogP contribution in [0.15, 0.2) is 24.4 Å². The second kappa shape index (κ2) is 3.90. The van der Waals surface area contributed by atoms with Crippen LogP contribution in [0.25, 0.3) is 10.9 Å². The van der Waals surface area contributed by atoms with E-state index in [-0.39, 0.29) is 5.12 Å². The lowest BCUT2D eigenvalue weighted by molar-refractivity contribution is -0.110. The molecule has 0 radical (unpaired) electrons. The Morgan fingerprint density at radius 1 is 1.53 bits per heavy atom. The molecule has 2 rings (SSSR count). The van der Waals surface area contributed by atoms with E-state index in [0.717, 1.165) is 22.0 Å². The van der Waals surface area contributed by atoms with Crippen molar-refractivity contribution in [2.75, 3.05) is 0 Å². The summed E-state index contributed by atoms with van der Waals surface area (Å²) >= 11 is 3.76. The zero-order valence-corrected chi connectivity index (χ0v) is 8.84. The minimum Gasteiger partial charge on any atom is -0.361 e. The third kappa shape index (κ3) is 1.94. The second-order valence-electron chi connectivity index (χ2n) is 3.33. The molecule has 0 aliphatic heterocycles. The highest BCUT2D eigenvalue weighted by molar-refractivity contribution is 7.96. The van der Waals surface area contributed by atoms with Crippen LogP contribution in [0.4, 0.5) is 0 Å². The van der Waals surface area contributed by atoms with E-state index in [1.54, 1.807) is 0 Å². The summed E-state index contributed by atoms with van der Waals surface area (Å²) in [7, 11) is 0. The van der Waals surface area contributed by atoms with Crippen molar-refractivity contribution in [3.8, 4) is 0 Å². The summed E-state index contributed by atoms with van der Waals surface area (Å²) in [6.07, 6.45) is 3.41. The highest BCUT2D eigenvalue weighted by Gasteiger charge is 2.06. The Hall–Kier alpha value is -1.55. The largest absolute Gasteiger partial charge is 0.361 e. The van der Waals surface area contributed by atoms with Gasteiger partial charge in [0.2, 0.25) is 0 Å². The zero-order valence-electron chi connectivity index (χ0n) is 7.95. The first kappa shape index (κ1) is 9.98. The number of thiol groups is 1. The standard InChI is InChI=1S/C11H10N2OS/c12-5-7-1-2-10-9(3-7)8(6-13-10)4-11(14)15/h1-3,5-6,12-13H,4H2,(H,14,15). The number of hydrogen-bond donors (Lipinski definition) is 3. The lowest BCUT2D eigenvalue weighted by Gasteiger charge is -1.96. The third-order valence-electron chi connectivity index (χ3n) is 2.30. The van der Waals surface area contributed by atoms with Crippen LogP contribution in [-0.2, 0) is 11.2 Å². The van der Waals surface area contributed by atoms with Crippen LogP contribution in [-0.4, -0.2) is 16.3 Å². The molecule has 2 N–H and O–H groups in total. The van der Waals surface area contributed by atoms with E-state index in [1.807, 2.05) is 24.4 Å². The Labute approximate surface area is 92.4 Å². The van der Waals surface area contributed by atoms with Crippen LogP contribution in [0, 0.1) is 5.41 Å². The quantitative estimate of drug-likeness (QED) is 0.536. The Morgan fingerprint density at radius 3 is 3.00 bits per heavy atom. The fourth-order valence-corrected chi connectivity index (χ4v) is 1.77. The number of aromatic nitrogens is 1. The number of nitrogens with one attached hydrogen (secondary N) is 2. The molecule has 0 bridgehead atoms. The molecule has 0 unspecified atom stereocenters. The Balaban J connectivity index is 2.55. The summed E-state index contributed by atoms with van der Waals surface area (Å²) in [5, 5.41) is 8.00. The van der Waals surface area contributed by atoms with Gasteiger partial charge in [0, 0.05) is 29.7 Å². The fourth-order valence-electron chi connectivity index (χ4n) is 1.59. The van der Waals surface area contributed by atoms with Crippen molar-refractivity contribution in [1.82, 2.24) is 4.98 Å². The number of fused-ring (bicyclic) bond motifs is 1. The Morgan fingerprint density at radius 2 is 2.33 bits per heavy atom. The van der Waals surface area contributed by atoms with E-state index in [4.69, 9.17) is 5.41 Å². The van der Waals surface area contributed by atoms with Gasteiger partial charge in [-0.2, -0.15) is 0 Å². The van der Waals surface area contributed by atoms with E-state index in [0.29, 0.717) is 6.42 Å². The molecule has 15 heavy (non-hydrogen) atoms. The van der Waals surface area contributed by atoms with Crippen molar-refractivity contribution in [3.05, 3.63) is 35.5 Å². The van der Waals surface area contributed by atoms with E-state index in [9.17, 15) is 4.79 Å². The molecular weight excluding hydrogens is 208 g/mol. The molecule has 0 atom stereocenters. The van der Waals surface area contributed by atoms with Crippen LogP contribution in [0.5, 0.6) is 0 Å². The van der Waals surface area contributed by atoms with Crippen LogP contribution < -0.4 is 0 Å². The highest BCUT2D eigenvalue weighted by Crippen LogP contribution is 2.20. The van der Waals surface area contributed by atoms with Crippen molar-refractivity contribution >= 4 is 34.9 Å². The number of rotatable bonds is 3. The molecule has 0 saturated heterocycles. The number of hydrogen-bond acceptors (Lipinski definition) is 2. The summed E-state index contributed by atoms with van der Waals surface area (Å²) < 4.78 is 0. The molecule has 0 aliphatic carbocycles. The third-order valence-corrected chi connectivity index (χ3v) is 2.46. The monoisotopic (exact) mass is 218 g/mol. The first-order valence-electron chi connectivity index (χ1n) is 4.53. The minimum atomic E-state index is -0.156. The van der Waals surface area contributed by atoms with E-state index in [1.165, 1.54) is 6.21 Å². The number of aromatic amines is 1. The number of H-pyrrole nitrogens is 1. The van der Waals surface area contributed by atoms with Gasteiger partial charge in [-0.3, -0.25) is 4.79 Å². The first-order chi connectivity index (χ1) is 7.20. The van der Waals surface area contributed by atoms with E-state index >= 15 is 0 Å². The molecule has 0 aliphatic rings. The summed E-state index contributed by atoms with van der Waals surface area (Å²) in [4.78, 5) is 14.0. The van der Waals surface area contributed by atoms with Crippen LogP contribution in [0.2, 0.25) is 0 Å². The normalized spacial score (nSPS) is 10.5. The maximum atomic E-state index is 10.9. The van der Waals surface area contributed by atoms with Crippen molar-refractivity contribution < 1.29 is 4.79 Å². The van der Waals surface area contributed by atoms with Gasteiger partial charge in [0.1, 0.15) is 0 Å². The molecule has 0 fully saturated rings. The number of benzene rings is 1. The molecule has 0 spiro atoms. The second-order valence-corrected chi connectivity index (χ2v) is 3.83. The molecule has 0 saturated carbocycles. The summed E-state index contributed by atoms with van der Waals surface area (Å²) in [5.74, 6) is 0. The molecular formula is C11H10N2OS. The average molecular weight is 218 g/mol. The maximum absolute atomic E-state index is 10.9. The van der Waals surface area contributed by atoms with Gasteiger partial charge < -0.3 is 10.4 Å². The average Bonchev–Trinajstić information content (AvgIpc) is 2.60. The summed E-state index contributed by atoms with van der Waals surface area (Å²) in [5.41, 5.74) is 2.73. The van der Waals surface area contributed by atoms with Gasteiger partial charge in [0.25, 0.3) is 0 Å². The molecule has 1 aromatic heterocycles. The van der Waals surface area contributed by atoms with Crippen molar-refractivity contribution in [2.45, 2.75) is 6.42 Å². The first-order valence-corrected chi connectivity index (χ1v) is 4.97. The smallest absolute Gasteiger partial charge is 0.190 e. The van der Waals surface area contributed by atoms with Crippen molar-refractivity contribution in [2.24, 2.45) is 0 Å². The predicted octanol–water partition coefficient (Wildman–Crippen LogP) is 2.16. The Kier molecular flexibility index (Phi) is 2.60. The van der Waals surface area contributed by atoms with E-state index < -0.39 is 0 Å². The SMILES string of the molecule is N=Cc1ccc2[nH]cc(CC(=O)S)c2c1. The predicted molar refractivity (Wildman–Crippen MR) is 63.9 cm³/mol. The molecule has 3 nitrogen and oxygen atoms in total. The van der Waals surface area contributed by atoms with Gasteiger partial charge in [-0.1, -0.05) is 6.07 Å².